The van der Waals surface area contributed by atoms with Crippen LogP contribution in [0, 0.1) is 0 Å². The number of fused-ring (bicyclic) bond motifs is 11. The molecule has 0 radical (unpaired) electrons. The molecule has 0 spiro atoms. The normalized spacial score (nSPS) is 14.7. The van der Waals surface area contributed by atoms with Crippen LogP contribution in [0.2, 0.25) is 0 Å². The number of hydrazone groups is 1. The van der Waals surface area contributed by atoms with Crippen molar-refractivity contribution in [1.29, 1.82) is 0 Å². The second kappa shape index (κ2) is 7.57. The van der Waals surface area contributed by atoms with Crippen molar-refractivity contribution < 1.29 is 0 Å². The molecule has 3 aliphatic heterocycles. The van der Waals surface area contributed by atoms with E-state index in [4.69, 9.17) is 0 Å². The van der Waals surface area contributed by atoms with Crippen LogP contribution in [0.15, 0.2) is 102 Å². The molecular weight excluding hydrogens is 457 g/mol. The highest BCUT2D eigenvalue weighted by atomic mass is 15.6. The van der Waals surface area contributed by atoms with Gasteiger partial charge in [0, 0.05) is 35.2 Å². The summed E-state index contributed by atoms with van der Waals surface area (Å²) in [5.74, 6) is 0. The molecule has 0 atom stereocenters. The number of benzene rings is 4. The van der Waals surface area contributed by atoms with E-state index in [0.717, 1.165) is 23.7 Å². The fourth-order valence-electron chi connectivity index (χ4n) is 5.97. The van der Waals surface area contributed by atoms with Crippen molar-refractivity contribution in [3.63, 3.8) is 0 Å². The van der Waals surface area contributed by atoms with Crippen LogP contribution in [-0.2, 0) is 0 Å². The molecule has 0 unspecified atom stereocenters. The Balaban J connectivity index is 1.42. The lowest BCUT2D eigenvalue weighted by Gasteiger charge is -2.43. The first-order valence-corrected chi connectivity index (χ1v) is 12.4. The minimum atomic E-state index is 0.0589. The van der Waals surface area contributed by atoms with Gasteiger partial charge in [0.15, 0.2) is 0 Å². The topological polar surface area (TPSA) is 52.8 Å². The standard InChI is InChI=1S/C29H22BN7/c1-34-19-35(18-32-34)20-10-12-24-22-6-2-4-8-26(22)30-27-9-5-3-7-23(27)25-13-11-21(36-15-14-31-33-36)17-29(25)37(30)28(24)16-20/h2-18H,19H2,1H3. The molecule has 0 aliphatic carbocycles. The Bertz CT molecular complexity index is 1710. The lowest BCUT2D eigenvalue weighted by molar-refractivity contribution is 0.393. The molecule has 0 fully saturated rings. The van der Waals surface area contributed by atoms with Crippen LogP contribution in [0.5, 0.6) is 0 Å². The number of hydrogen-bond donors (Lipinski definition) is 0. The Labute approximate surface area is 215 Å². The van der Waals surface area contributed by atoms with Crippen LogP contribution in [0.1, 0.15) is 0 Å². The van der Waals surface area contributed by atoms with E-state index in [2.05, 4.69) is 110 Å². The largest absolute Gasteiger partial charge is 0.376 e. The molecule has 4 heterocycles. The van der Waals surface area contributed by atoms with E-state index in [1.165, 1.54) is 38.9 Å². The summed E-state index contributed by atoms with van der Waals surface area (Å²) in [5, 5.41) is 14.7. The molecule has 0 N–H and O–H groups in total. The molecule has 1 aromatic heterocycles. The van der Waals surface area contributed by atoms with Crippen LogP contribution >= 0.6 is 0 Å². The SMILES string of the molecule is CN1CN(c2ccc3c(c2)N2B(c4ccccc4-3)c3ccccc3-c3ccc(-n4ccnn4)cc32)C=N1. The lowest BCUT2D eigenvalue weighted by Crippen LogP contribution is -2.59. The average molecular weight is 479 g/mol. The minimum Gasteiger partial charge on any atom is -0.376 e. The Hall–Kier alpha value is -4.85. The maximum atomic E-state index is 4.43. The average Bonchev–Trinajstić information content (AvgIpc) is 3.65. The van der Waals surface area contributed by atoms with E-state index in [-0.39, 0.29) is 6.85 Å². The van der Waals surface area contributed by atoms with E-state index in [1.807, 2.05) is 29.3 Å². The van der Waals surface area contributed by atoms with Gasteiger partial charge in [-0.1, -0.05) is 65.9 Å². The molecule has 8 heteroatoms. The van der Waals surface area contributed by atoms with Crippen LogP contribution in [0.3, 0.4) is 0 Å². The van der Waals surface area contributed by atoms with Gasteiger partial charge < -0.3 is 9.71 Å². The molecule has 7 nitrogen and oxygen atoms in total. The summed E-state index contributed by atoms with van der Waals surface area (Å²) >= 11 is 0. The number of rotatable bonds is 2. The zero-order chi connectivity index (χ0) is 24.5. The number of anilines is 3. The van der Waals surface area contributed by atoms with Gasteiger partial charge in [-0.15, -0.1) is 5.10 Å². The first-order chi connectivity index (χ1) is 18.3. The first kappa shape index (κ1) is 20.4. The van der Waals surface area contributed by atoms with Crippen LogP contribution in [0.25, 0.3) is 27.9 Å². The Kier molecular flexibility index (Phi) is 4.17. The molecular formula is C29H22BN7. The van der Waals surface area contributed by atoms with Crippen molar-refractivity contribution in [2.45, 2.75) is 0 Å². The summed E-state index contributed by atoms with van der Waals surface area (Å²) in [6.45, 7) is 0.790. The molecule has 0 saturated heterocycles. The van der Waals surface area contributed by atoms with E-state index in [9.17, 15) is 0 Å². The zero-order valence-corrected chi connectivity index (χ0v) is 20.2. The summed E-state index contributed by atoms with van der Waals surface area (Å²) in [6, 6.07) is 31.0. The van der Waals surface area contributed by atoms with Crippen LogP contribution in [-0.4, -0.2) is 46.9 Å². The molecule has 176 valence electrons. The third-order valence-corrected chi connectivity index (χ3v) is 7.59. The first-order valence-electron chi connectivity index (χ1n) is 12.4. The zero-order valence-electron chi connectivity index (χ0n) is 20.2. The van der Waals surface area contributed by atoms with Crippen molar-refractivity contribution in [2.75, 3.05) is 23.4 Å². The number of aromatic nitrogens is 3. The molecule has 8 rings (SSSR count). The summed E-state index contributed by atoms with van der Waals surface area (Å²) in [4.78, 5) is 4.69. The van der Waals surface area contributed by atoms with E-state index >= 15 is 0 Å². The minimum absolute atomic E-state index is 0.0589. The highest BCUT2D eigenvalue weighted by Gasteiger charge is 2.42. The third kappa shape index (κ3) is 2.92. The Morgan fingerprint density at radius 3 is 2.00 bits per heavy atom. The summed E-state index contributed by atoms with van der Waals surface area (Å²) in [7, 11) is 1.99. The molecule has 0 saturated carbocycles. The second-order valence-electron chi connectivity index (χ2n) is 9.70. The highest BCUT2D eigenvalue weighted by molar-refractivity contribution is 6.92. The fourth-order valence-corrected chi connectivity index (χ4v) is 5.97. The summed E-state index contributed by atoms with van der Waals surface area (Å²) in [5.41, 5.74) is 12.1. The van der Waals surface area contributed by atoms with Gasteiger partial charge in [0.1, 0.15) is 13.0 Å². The van der Waals surface area contributed by atoms with Gasteiger partial charge in [0.05, 0.1) is 18.1 Å². The summed E-state index contributed by atoms with van der Waals surface area (Å²) < 4.78 is 1.82. The highest BCUT2D eigenvalue weighted by Crippen LogP contribution is 2.47. The third-order valence-electron chi connectivity index (χ3n) is 7.59. The van der Waals surface area contributed by atoms with Gasteiger partial charge in [-0.25, -0.2) is 4.68 Å². The van der Waals surface area contributed by atoms with Crippen molar-refractivity contribution in [3.8, 4) is 27.9 Å². The Morgan fingerprint density at radius 2 is 1.38 bits per heavy atom. The van der Waals surface area contributed by atoms with Gasteiger partial charge in [0.2, 0.25) is 0 Å². The fraction of sp³-hybridized carbons (Fsp3) is 0.0690. The monoisotopic (exact) mass is 479 g/mol. The maximum absolute atomic E-state index is 4.43. The van der Waals surface area contributed by atoms with Crippen molar-refractivity contribution >= 4 is 41.2 Å². The van der Waals surface area contributed by atoms with E-state index in [0.29, 0.717) is 0 Å². The maximum Gasteiger partial charge on any atom is 0.329 e. The van der Waals surface area contributed by atoms with E-state index in [1.54, 1.807) is 6.20 Å². The van der Waals surface area contributed by atoms with Crippen LogP contribution in [0.4, 0.5) is 17.1 Å². The smallest absolute Gasteiger partial charge is 0.329 e. The number of nitrogens with zero attached hydrogens (tertiary/aromatic N) is 7. The van der Waals surface area contributed by atoms with Gasteiger partial charge in [0.25, 0.3) is 0 Å². The van der Waals surface area contributed by atoms with Gasteiger partial charge >= 0.3 is 6.85 Å². The second-order valence-corrected chi connectivity index (χ2v) is 9.70. The lowest BCUT2D eigenvalue weighted by atomic mass is 9.43. The number of hydrogen-bond acceptors (Lipinski definition) is 6. The van der Waals surface area contributed by atoms with Gasteiger partial charge in [-0.3, -0.25) is 5.01 Å². The van der Waals surface area contributed by atoms with Crippen molar-refractivity contribution in [3.05, 3.63) is 97.3 Å². The van der Waals surface area contributed by atoms with Gasteiger partial charge in [-0.05, 0) is 46.3 Å². The predicted octanol–water partition coefficient (Wildman–Crippen LogP) is 3.82. The molecule has 0 bridgehead atoms. The Morgan fingerprint density at radius 1 is 0.730 bits per heavy atom. The van der Waals surface area contributed by atoms with Gasteiger partial charge in [-0.2, -0.15) is 5.10 Å². The quantitative estimate of drug-likeness (QED) is 0.361. The molecule has 3 aliphatic rings. The molecule has 4 aromatic carbocycles. The molecule has 5 aromatic rings. The molecule has 37 heavy (non-hydrogen) atoms. The summed E-state index contributed by atoms with van der Waals surface area (Å²) in [6.07, 6.45) is 5.50. The predicted molar refractivity (Wildman–Crippen MR) is 149 cm³/mol. The van der Waals surface area contributed by atoms with Crippen LogP contribution < -0.4 is 20.6 Å². The van der Waals surface area contributed by atoms with Crippen molar-refractivity contribution in [2.24, 2.45) is 5.10 Å². The molecule has 0 amide bonds. The van der Waals surface area contributed by atoms with Crippen molar-refractivity contribution in [1.82, 2.24) is 20.0 Å². The van der Waals surface area contributed by atoms with E-state index < -0.39 is 0 Å².